The molecular weight excluding hydrogens is 104 g/mol. The molecule has 0 aromatic carbocycles. The minimum absolute atomic E-state index is 0.704. The highest BCUT2D eigenvalue weighted by Gasteiger charge is 2.15. The zero-order valence-electron chi connectivity index (χ0n) is 4.35. The first-order valence-corrected chi connectivity index (χ1v) is 2.56. The molecule has 8 heavy (non-hydrogen) atoms. The number of nitrogens with zero attached hydrogens (tertiary/aromatic N) is 1. The SMILES string of the molecule is C1=NCC2=C1NOC2. The maximum atomic E-state index is 4.90. The van der Waals surface area contributed by atoms with Gasteiger partial charge in [0.05, 0.1) is 18.8 Å². The fourth-order valence-electron chi connectivity index (χ4n) is 0.846. The second-order valence-corrected chi connectivity index (χ2v) is 1.88. The van der Waals surface area contributed by atoms with Crippen molar-refractivity contribution in [2.75, 3.05) is 13.2 Å². The third-order valence-electron chi connectivity index (χ3n) is 1.31. The van der Waals surface area contributed by atoms with E-state index in [1.807, 2.05) is 6.21 Å². The molecule has 0 aromatic rings. The second-order valence-electron chi connectivity index (χ2n) is 1.88. The van der Waals surface area contributed by atoms with Gasteiger partial charge in [0.2, 0.25) is 0 Å². The molecule has 0 aliphatic carbocycles. The maximum absolute atomic E-state index is 4.90. The van der Waals surface area contributed by atoms with Gasteiger partial charge >= 0.3 is 0 Å². The minimum Gasteiger partial charge on any atom is -0.286 e. The number of allylic oxidation sites excluding steroid dienone is 1. The van der Waals surface area contributed by atoms with Gasteiger partial charge in [-0.1, -0.05) is 0 Å². The van der Waals surface area contributed by atoms with E-state index >= 15 is 0 Å². The Balaban J connectivity index is 2.33. The summed E-state index contributed by atoms with van der Waals surface area (Å²) in [5, 5.41) is 0. The molecule has 0 radical (unpaired) electrons. The Morgan fingerprint density at radius 3 is 3.62 bits per heavy atom. The van der Waals surface area contributed by atoms with Crippen LogP contribution < -0.4 is 5.48 Å². The first kappa shape index (κ1) is 4.09. The molecule has 0 aromatic heterocycles. The van der Waals surface area contributed by atoms with Gasteiger partial charge in [-0.25, -0.2) is 0 Å². The molecule has 0 fully saturated rings. The van der Waals surface area contributed by atoms with Gasteiger partial charge in [-0.05, 0) is 0 Å². The third kappa shape index (κ3) is 0.391. The Labute approximate surface area is 47.0 Å². The van der Waals surface area contributed by atoms with E-state index in [4.69, 9.17) is 4.84 Å². The second kappa shape index (κ2) is 1.32. The van der Waals surface area contributed by atoms with Crippen LogP contribution in [0.3, 0.4) is 0 Å². The first-order valence-electron chi connectivity index (χ1n) is 2.56. The fourth-order valence-corrected chi connectivity index (χ4v) is 0.846. The van der Waals surface area contributed by atoms with Gasteiger partial charge in [-0.3, -0.25) is 15.3 Å². The van der Waals surface area contributed by atoms with Gasteiger partial charge in [-0.15, -0.1) is 0 Å². The van der Waals surface area contributed by atoms with E-state index < -0.39 is 0 Å². The van der Waals surface area contributed by atoms with Crippen LogP contribution in [-0.2, 0) is 4.84 Å². The largest absolute Gasteiger partial charge is 0.286 e. The summed E-state index contributed by atoms with van der Waals surface area (Å²) in [6.07, 6.45) is 1.81. The molecule has 0 unspecified atom stereocenters. The van der Waals surface area contributed by atoms with Crippen molar-refractivity contribution >= 4 is 6.21 Å². The summed E-state index contributed by atoms with van der Waals surface area (Å²) in [7, 11) is 0. The van der Waals surface area contributed by atoms with E-state index in [1.165, 1.54) is 5.57 Å². The Hall–Kier alpha value is -0.830. The van der Waals surface area contributed by atoms with Gasteiger partial charge in [-0.2, -0.15) is 0 Å². The number of hydrogen-bond donors (Lipinski definition) is 1. The van der Waals surface area contributed by atoms with E-state index in [0.29, 0.717) is 6.61 Å². The number of hydrogen-bond acceptors (Lipinski definition) is 3. The quantitative estimate of drug-likeness (QED) is 0.471. The Morgan fingerprint density at radius 1 is 1.75 bits per heavy atom. The highest BCUT2D eigenvalue weighted by Crippen LogP contribution is 2.12. The van der Waals surface area contributed by atoms with E-state index in [2.05, 4.69) is 10.5 Å². The van der Waals surface area contributed by atoms with Crippen LogP contribution in [0.15, 0.2) is 16.3 Å². The van der Waals surface area contributed by atoms with Crippen LogP contribution in [0.2, 0.25) is 0 Å². The van der Waals surface area contributed by atoms with Crippen LogP contribution in [0.4, 0.5) is 0 Å². The maximum Gasteiger partial charge on any atom is 0.0999 e. The van der Waals surface area contributed by atoms with Crippen molar-refractivity contribution in [1.82, 2.24) is 5.48 Å². The molecule has 0 atom stereocenters. The molecule has 1 N–H and O–H groups in total. The molecule has 3 nitrogen and oxygen atoms in total. The van der Waals surface area contributed by atoms with E-state index in [1.54, 1.807) is 0 Å². The molecule has 2 aliphatic heterocycles. The van der Waals surface area contributed by atoms with Crippen LogP contribution in [0.25, 0.3) is 0 Å². The molecule has 42 valence electrons. The molecule has 0 saturated carbocycles. The van der Waals surface area contributed by atoms with E-state index in [9.17, 15) is 0 Å². The monoisotopic (exact) mass is 110 g/mol. The van der Waals surface area contributed by atoms with Crippen LogP contribution in [0, 0.1) is 0 Å². The first-order chi connectivity index (χ1) is 3.97. The van der Waals surface area contributed by atoms with Crippen molar-refractivity contribution in [2.24, 2.45) is 4.99 Å². The molecule has 2 heterocycles. The van der Waals surface area contributed by atoms with Crippen molar-refractivity contribution in [1.29, 1.82) is 0 Å². The predicted octanol–water partition coefficient (Wildman–Crippen LogP) is -0.140. The lowest BCUT2D eigenvalue weighted by molar-refractivity contribution is 0.109. The molecule has 0 bridgehead atoms. The summed E-state index contributed by atoms with van der Waals surface area (Å²) in [5.41, 5.74) is 5.08. The summed E-state index contributed by atoms with van der Waals surface area (Å²) in [4.78, 5) is 8.92. The molecule has 0 spiro atoms. The molecule has 0 saturated heterocycles. The molecular formula is C5H6N2O. The van der Waals surface area contributed by atoms with E-state index in [-0.39, 0.29) is 0 Å². The lowest BCUT2D eigenvalue weighted by Crippen LogP contribution is -2.05. The van der Waals surface area contributed by atoms with Crippen molar-refractivity contribution < 1.29 is 4.84 Å². The summed E-state index contributed by atoms with van der Waals surface area (Å²) in [6.45, 7) is 1.53. The number of rotatable bonds is 0. The van der Waals surface area contributed by atoms with Crippen LogP contribution >= 0.6 is 0 Å². The number of aliphatic imine (C=N–C) groups is 1. The summed E-state index contributed by atoms with van der Waals surface area (Å²) in [5.74, 6) is 0. The zero-order valence-corrected chi connectivity index (χ0v) is 4.35. The lowest BCUT2D eigenvalue weighted by atomic mass is 10.3. The Bertz CT molecular complexity index is 171. The highest BCUT2D eigenvalue weighted by atomic mass is 16.6. The number of hydroxylamine groups is 1. The fraction of sp³-hybridized carbons (Fsp3) is 0.400. The van der Waals surface area contributed by atoms with E-state index in [0.717, 1.165) is 12.2 Å². The summed E-state index contributed by atoms with van der Waals surface area (Å²) >= 11 is 0. The van der Waals surface area contributed by atoms with Crippen molar-refractivity contribution in [3.05, 3.63) is 11.3 Å². The van der Waals surface area contributed by atoms with Gasteiger partial charge < -0.3 is 0 Å². The van der Waals surface area contributed by atoms with Crippen molar-refractivity contribution in [3.63, 3.8) is 0 Å². The molecule has 2 aliphatic rings. The van der Waals surface area contributed by atoms with Gasteiger partial charge in [0.15, 0.2) is 0 Å². The third-order valence-corrected chi connectivity index (χ3v) is 1.31. The van der Waals surface area contributed by atoms with Crippen molar-refractivity contribution in [2.45, 2.75) is 0 Å². The molecule has 2 rings (SSSR count). The molecule has 0 amide bonds. The lowest BCUT2D eigenvalue weighted by Gasteiger charge is -1.91. The Kier molecular flexibility index (Phi) is 0.676. The van der Waals surface area contributed by atoms with Gasteiger partial charge in [0.25, 0.3) is 0 Å². The standard InChI is InChI=1S/C5H6N2O/c1-4-3-8-7-5(4)2-6-1/h2,7H,1,3H2. The number of nitrogens with one attached hydrogen (secondary N) is 1. The van der Waals surface area contributed by atoms with Gasteiger partial charge in [0.1, 0.15) is 0 Å². The Morgan fingerprint density at radius 2 is 2.75 bits per heavy atom. The summed E-state index contributed by atoms with van der Waals surface area (Å²) in [6, 6.07) is 0. The van der Waals surface area contributed by atoms with Crippen LogP contribution in [0.1, 0.15) is 0 Å². The van der Waals surface area contributed by atoms with Crippen molar-refractivity contribution in [3.8, 4) is 0 Å². The zero-order chi connectivity index (χ0) is 5.40. The van der Waals surface area contributed by atoms with Gasteiger partial charge in [0, 0.05) is 11.8 Å². The normalized spacial score (nSPS) is 24.0. The minimum atomic E-state index is 0.704. The predicted molar refractivity (Wildman–Crippen MR) is 29.5 cm³/mol. The average Bonchev–Trinajstić information content (AvgIpc) is 2.15. The molecule has 3 heteroatoms. The highest BCUT2D eigenvalue weighted by molar-refractivity contribution is 5.82. The average molecular weight is 110 g/mol. The topological polar surface area (TPSA) is 33.6 Å². The smallest absolute Gasteiger partial charge is 0.0999 e. The van der Waals surface area contributed by atoms with Crippen LogP contribution in [0.5, 0.6) is 0 Å². The summed E-state index contributed by atoms with van der Waals surface area (Å²) < 4.78 is 0. The van der Waals surface area contributed by atoms with Crippen LogP contribution in [-0.4, -0.2) is 19.4 Å².